The van der Waals surface area contributed by atoms with Crippen LogP contribution in [0.3, 0.4) is 0 Å². The van der Waals surface area contributed by atoms with E-state index in [-0.39, 0.29) is 12.4 Å². The highest BCUT2D eigenvalue weighted by Gasteiger charge is 2.32. The van der Waals surface area contributed by atoms with E-state index in [4.69, 9.17) is 9.47 Å². The smallest absolute Gasteiger partial charge is 0.253 e. The summed E-state index contributed by atoms with van der Waals surface area (Å²) in [4.78, 5) is 0. The number of aryl methyl sites for hydroxylation is 1. The van der Waals surface area contributed by atoms with Gasteiger partial charge in [-0.1, -0.05) is 12.1 Å². The van der Waals surface area contributed by atoms with Gasteiger partial charge in [-0.2, -0.15) is 8.96 Å². The van der Waals surface area contributed by atoms with Gasteiger partial charge in [0.1, 0.15) is 24.4 Å². The molecule has 0 saturated carbocycles. The van der Waals surface area contributed by atoms with Gasteiger partial charge in [0.15, 0.2) is 5.75 Å². The van der Waals surface area contributed by atoms with Gasteiger partial charge in [-0.05, 0) is 36.4 Å². The molecule has 1 aliphatic heterocycles. The summed E-state index contributed by atoms with van der Waals surface area (Å²) in [6, 6.07) is 13.2. The average Bonchev–Trinajstić information content (AvgIpc) is 2.70. The van der Waals surface area contributed by atoms with E-state index in [1.807, 2.05) is 18.2 Å². The molecule has 0 fully saturated rings. The van der Waals surface area contributed by atoms with Crippen LogP contribution in [0.4, 0.5) is 8.78 Å². The van der Waals surface area contributed by atoms with Gasteiger partial charge in [-0.15, -0.1) is 6.61 Å². The van der Waals surface area contributed by atoms with E-state index in [1.165, 1.54) is 18.2 Å². The van der Waals surface area contributed by atoms with E-state index >= 15 is 4.39 Å². The van der Waals surface area contributed by atoms with Gasteiger partial charge in [0.25, 0.3) is 5.52 Å². The van der Waals surface area contributed by atoms with Gasteiger partial charge >= 0.3 is 0 Å². The van der Waals surface area contributed by atoms with Crippen molar-refractivity contribution >= 4 is 21.7 Å². The van der Waals surface area contributed by atoms with Crippen molar-refractivity contribution in [3.8, 4) is 28.5 Å². The van der Waals surface area contributed by atoms with Crippen LogP contribution in [-0.4, -0.2) is 13.2 Å². The van der Waals surface area contributed by atoms with Crippen LogP contribution in [-0.2, 0) is 7.05 Å². The quantitative estimate of drug-likeness (QED) is 0.355. The summed E-state index contributed by atoms with van der Waals surface area (Å²) in [6.45, 7) is -0.571. The number of hydrogen-bond acceptors (Lipinski definition) is 3. The van der Waals surface area contributed by atoms with E-state index < -0.39 is 18.2 Å². The second-order valence-electron chi connectivity index (χ2n) is 6.66. The molecule has 0 atom stereocenters. The molecule has 140 valence electrons. The summed E-state index contributed by atoms with van der Waals surface area (Å²) < 4.78 is 42.3. The van der Waals surface area contributed by atoms with Crippen molar-refractivity contribution < 1.29 is 27.9 Å². The molecule has 5 rings (SSSR count). The van der Waals surface area contributed by atoms with Crippen molar-refractivity contribution in [2.45, 2.75) is 0 Å². The van der Waals surface area contributed by atoms with Crippen molar-refractivity contribution in [3.05, 3.63) is 60.2 Å². The van der Waals surface area contributed by atoms with E-state index in [9.17, 15) is 9.50 Å². The van der Waals surface area contributed by atoms with Gasteiger partial charge < -0.3 is 14.6 Å². The number of pyridine rings is 1. The van der Waals surface area contributed by atoms with E-state index in [0.29, 0.717) is 33.7 Å². The lowest BCUT2D eigenvalue weighted by Gasteiger charge is -2.20. The molecule has 4 aromatic rings. The third kappa shape index (κ3) is 2.28. The summed E-state index contributed by atoms with van der Waals surface area (Å²) >= 11 is 0. The van der Waals surface area contributed by atoms with E-state index in [0.717, 1.165) is 10.8 Å². The fourth-order valence-corrected chi connectivity index (χ4v) is 3.93. The molecule has 0 amide bonds. The minimum absolute atomic E-state index is 0.0215. The summed E-state index contributed by atoms with van der Waals surface area (Å²) in [5, 5.41) is 13.0. The van der Waals surface area contributed by atoms with Gasteiger partial charge in [-0.3, -0.25) is 0 Å². The lowest BCUT2D eigenvalue weighted by Crippen LogP contribution is -2.34. The van der Waals surface area contributed by atoms with Crippen molar-refractivity contribution in [3.63, 3.8) is 0 Å². The molecular formula is C22H15F2NO3. The monoisotopic (exact) mass is 379 g/mol. The highest BCUT2D eigenvalue weighted by molar-refractivity contribution is 6.12. The molecule has 28 heavy (non-hydrogen) atoms. The Hall–Kier alpha value is -3.25. The van der Waals surface area contributed by atoms with Gasteiger partial charge in [-0.25, -0.2) is 4.39 Å². The van der Waals surface area contributed by atoms with Gasteiger partial charge in [0, 0.05) is 5.39 Å². The number of ether oxygens (including phenoxy) is 2. The zero-order chi connectivity index (χ0) is 19.4. The van der Waals surface area contributed by atoms with Crippen LogP contribution < -0.4 is 19.1 Å². The van der Waals surface area contributed by atoms with Gasteiger partial charge in [0.05, 0.1) is 22.9 Å². The first-order chi connectivity index (χ1) is 13.6. The van der Waals surface area contributed by atoms with Gasteiger partial charge in [0.2, 0.25) is 11.5 Å². The minimum Gasteiger partial charge on any atom is -0.852 e. The van der Waals surface area contributed by atoms with Crippen LogP contribution >= 0.6 is 0 Å². The van der Waals surface area contributed by atoms with Crippen molar-refractivity contribution in [2.24, 2.45) is 7.05 Å². The SMILES string of the molecule is C[n+]1c2c3c(cccc3c3ccc(OCC[O-])c(F)c31)Oc1ccc(F)cc1-2. The predicted molar refractivity (Wildman–Crippen MR) is 98.4 cm³/mol. The molecule has 4 nitrogen and oxygen atoms in total. The topological polar surface area (TPSA) is 45.4 Å². The Balaban J connectivity index is 1.94. The highest BCUT2D eigenvalue weighted by Crippen LogP contribution is 2.47. The average molecular weight is 379 g/mol. The molecule has 6 heteroatoms. The number of hydrogen-bond donors (Lipinski definition) is 0. The Morgan fingerprint density at radius 3 is 2.71 bits per heavy atom. The molecule has 3 aromatic carbocycles. The lowest BCUT2D eigenvalue weighted by atomic mass is 9.96. The predicted octanol–water partition coefficient (Wildman–Crippen LogP) is 3.61. The number of aromatic nitrogens is 1. The second kappa shape index (κ2) is 6.14. The molecule has 0 saturated heterocycles. The van der Waals surface area contributed by atoms with Crippen LogP contribution in [0.25, 0.3) is 32.9 Å². The molecule has 2 heterocycles. The fourth-order valence-electron chi connectivity index (χ4n) is 3.93. The Morgan fingerprint density at radius 1 is 1.04 bits per heavy atom. The second-order valence-corrected chi connectivity index (χ2v) is 6.66. The van der Waals surface area contributed by atoms with Crippen molar-refractivity contribution in [1.29, 1.82) is 0 Å². The first-order valence-corrected chi connectivity index (χ1v) is 8.85. The van der Waals surface area contributed by atoms with Crippen LogP contribution in [0.5, 0.6) is 17.2 Å². The summed E-state index contributed by atoms with van der Waals surface area (Å²) in [7, 11) is 1.73. The number of nitrogens with zero attached hydrogens (tertiary/aromatic N) is 1. The largest absolute Gasteiger partial charge is 0.852 e. The summed E-state index contributed by atoms with van der Waals surface area (Å²) in [5.41, 5.74) is 1.54. The van der Waals surface area contributed by atoms with Crippen LogP contribution in [0.2, 0.25) is 0 Å². The van der Waals surface area contributed by atoms with Crippen LogP contribution in [0.15, 0.2) is 48.5 Å². The Kier molecular flexibility index (Phi) is 3.70. The van der Waals surface area contributed by atoms with Crippen molar-refractivity contribution in [2.75, 3.05) is 13.2 Å². The number of rotatable bonds is 3. The van der Waals surface area contributed by atoms with E-state index in [1.54, 1.807) is 23.7 Å². The molecule has 0 spiro atoms. The van der Waals surface area contributed by atoms with Crippen molar-refractivity contribution in [1.82, 2.24) is 0 Å². The third-order valence-corrected chi connectivity index (χ3v) is 5.06. The standard InChI is InChI=1S/C22H15F2NO3/c1-25-21-15-11-12(23)5-7-16(15)28-17-4-2-3-13(19(17)21)14-6-8-18(27-10-9-26)20(24)22(14)25/h2-8,11H,9-10H2,1H3. The molecular weight excluding hydrogens is 364 g/mol. The maximum atomic E-state index is 15.3. The minimum atomic E-state index is -0.554. The molecule has 0 radical (unpaired) electrons. The lowest BCUT2D eigenvalue weighted by molar-refractivity contribution is -0.633. The fraction of sp³-hybridized carbons (Fsp3) is 0.136. The zero-order valence-electron chi connectivity index (χ0n) is 15.0. The molecule has 0 bridgehead atoms. The normalized spacial score (nSPS) is 12.1. The Bertz CT molecular complexity index is 1270. The first-order valence-electron chi connectivity index (χ1n) is 8.85. The van der Waals surface area contributed by atoms with Crippen LogP contribution in [0, 0.1) is 11.6 Å². The maximum absolute atomic E-state index is 15.3. The summed E-state index contributed by atoms with van der Waals surface area (Å²) in [5.74, 6) is 0.212. The third-order valence-electron chi connectivity index (χ3n) is 5.06. The number of benzene rings is 3. The highest BCUT2D eigenvalue weighted by atomic mass is 19.1. The molecule has 0 N–H and O–H groups in total. The Morgan fingerprint density at radius 2 is 1.89 bits per heavy atom. The molecule has 0 unspecified atom stereocenters. The zero-order valence-corrected chi connectivity index (χ0v) is 15.0. The summed E-state index contributed by atoms with van der Waals surface area (Å²) in [6.07, 6.45) is 0. The van der Waals surface area contributed by atoms with Crippen LogP contribution in [0.1, 0.15) is 0 Å². The maximum Gasteiger partial charge on any atom is 0.253 e. The molecule has 1 aromatic heterocycles. The van der Waals surface area contributed by atoms with E-state index in [2.05, 4.69) is 0 Å². The number of halogens is 2. The molecule has 1 aliphatic rings. The first kappa shape index (κ1) is 16.9. The number of fused-ring (bicyclic) bond motifs is 4. The Labute approximate surface area is 159 Å². The molecule has 0 aliphatic carbocycles.